The molecule has 0 saturated carbocycles. The Morgan fingerprint density at radius 1 is 1.42 bits per heavy atom. The van der Waals surface area contributed by atoms with Gasteiger partial charge in [-0.1, -0.05) is 6.07 Å². The van der Waals surface area contributed by atoms with Crippen LogP contribution in [0.1, 0.15) is 24.2 Å². The molecule has 0 aromatic carbocycles. The predicted molar refractivity (Wildman–Crippen MR) is 64.2 cm³/mol. The molecule has 100 valence electrons. The molecule has 1 aromatic heterocycles. The smallest absolute Gasteiger partial charge is 0.322 e. The highest BCUT2D eigenvalue weighted by Gasteiger charge is 2.48. The average Bonchev–Trinajstić information content (AvgIpc) is 2.62. The minimum atomic E-state index is -1.40. The molecule has 2 rings (SSSR count). The van der Waals surface area contributed by atoms with Gasteiger partial charge in [0.2, 0.25) is 0 Å². The lowest BCUT2D eigenvalue weighted by atomic mass is 9.89. The van der Waals surface area contributed by atoms with Crippen LogP contribution >= 0.6 is 0 Å². The van der Waals surface area contributed by atoms with Gasteiger partial charge in [-0.3, -0.25) is 19.9 Å². The summed E-state index contributed by atoms with van der Waals surface area (Å²) in [5, 5.41) is 13.4. The van der Waals surface area contributed by atoms with Gasteiger partial charge in [-0.2, -0.15) is 0 Å². The van der Waals surface area contributed by atoms with Gasteiger partial charge in [0.05, 0.1) is 5.69 Å². The van der Waals surface area contributed by atoms with Crippen LogP contribution in [0.4, 0.5) is 4.79 Å². The third-order valence-corrected chi connectivity index (χ3v) is 2.98. The van der Waals surface area contributed by atoms with E-state index >= 15 is 0 Å². The Hall–Kier alpha value is -2.44. The second kappa shape index (κ2) is 4.68. The molecule has 3 amide bonds. The van der Waals surface area contributed by atoms with Gasteiger partial charge in [0.15, 0.2) is 5.54 Å². The zero-order valence-corrected chi connectivity index (χ0v) is 10.3. The number of hydrogen-bond donors (Lipinski definition) is 3. The highest BCUT2D eigenvalue weighted by molar-refractivity contribution is 6.07. The summed E-state index contributed by atoms with van der Waals surface area (Å²) in [6.45, 7) is 1.75. The zero-order valence-electron chi connectivity index (χ0n) is 10.3. The molecule has 0 spiro atoms. The number of imide groups is 1. The lowest BCUT2D eigenvalue weighted by molar-refractivity contribution is -0.137. The van der Waals surface area contributed by atoms with E-state index in [0.717, 1.165) is 0 Å². The van der Waals surface area contributed by atoms with Gasteiger partial charge in [0, 0.05) is 12.1 Å². The van der Waals surface area contributed by atoms with Crippen molar-refractivity contribution in [3.05, 3.63) is 29.6 Å². The number of pyridine rings is 1. The van der Waals surface area contributed by atoms with E-state index in [1.165, 1.54) is 0 Å². The number of aryl methyl sites for hydroxylation is 1. The number of amides is 3. The summed E-state index contributed by atoms with van der Waals surface area (Å²) in [4.78, 5) is 38.3. The second-order valence-corrected chi connectivity index (χ2v) is 4.37. The molecule has 7 heteroatoms. The minimum Gasteiger partial charge on any atom is -0.481 e. The maximum atomic E-state index is 12.0. The first-order valence-corrected chi connectivity index (χ1v) is 5.73. The summed E-state index contributed by atoms with van der Waals surface area (Å²) in [5.41, 5.74) is -0.375. The fourth-order valence-electron chi connectivity index (χ4n) is 2.05. The Morgan fingerprint density at radius 2 is 2.16 bits per heavy atom. The lowest BCUT2D eigenvalue weighted by Crippen LogP contribution is -2.45. The van der Waals surface area contributed by atoms with Gasteiger partial charge in [-0.05, 0) is 25.5 Å². The van der Waals surface area contributed by atoms with Crippen LogP contribution in [-0.4, -0.2) is 28.0 Å². The second-order valence-electron chi connectivity index (χ2n) is 4.37. The van der Waals surface area contributed by atoms with Crippen LogP contribution in [0.25, 0.3) is 0 Å². The summed E-state index contributed by atoms with van der Waals surface area (Å²) in [6, 6.07) is 4.42. The highest BCUT2D eigenvalue weighted by atomic mass is 16.4. The molecule has 0 radical (unpaired) electrons. The van der Waals surface area contributed by atoms with Crippen molar-refractivity contribution in [3.8, 4) is 0 Å². The van der Waals surface area contributed by atoms with E-state index in [9.17, 15) is 14.4 Å². The summed E-state index contributed by atoms with van der Waals surface area (Å²) in [6.07, 6.45) is -0.292. The molecule has 0 bridgehead atoms. The number of aliphatic carboxylic acids is 1. The molecule has 1 aliphatic heterocycles. The number of aromatic nitrogens is 1. The molecule has 1 aliphatic rings. The Bertz CT molecular complexity index is 558. The fourth-order valence-corrected chi connectivity index (χ4v) is 2.05. The molecular formula is C12H13N3O4. The van der Waals surface area contributed by atoms with Crippen molar-refractivity contribution in [1.29, 1.82) is 0 Å². The van der Waals surface area contributed by atoms with Crippen molar-refractivity contribution in [3.63, 3.8) is 0 Å². The van der Waals surface area contributed by atoms with E-state index in [2.05, 4.69) is 15.6 Å². The van der Waals surface area contributed by atoms with Crippen molar-refractivity contribution < 1.29 is 19.5 Å². The standard InChI is InChI=1S/C12H13N3O4/c1-7-3-2-4-8(13-7)12(6-5-9(16)17)10(18)14-11(19)15-12/h2-4H,5-6H2,1H3,(H,16,17)(H2,14,15,18,19). The topological polar surface area (TPSA) is 108 Å². The summed E-state index contributed by atoms with van der Waals surface area (Å²) in [5.74, 6) is -1.61. The van der Waals surface area contributed by atoms with Crippen LogP contribution in [0.15, 0.2) is 18.2 Å². The van der Waals surface area contributed by atoms with Gasteiger partial charge in [-0.25, -0.2) is 4.79 Å². The number of carbonyl (C=O) groups excluding carboxylic acids is 2. The molecule has 7 nitrogen and oxygen atoms in total. The first-order chi connectivity index (χ1) is 8.94. The number of carboxylic acid groups (broad SMARTS) is 1. The van der Waals surface area contributed by atoms with Crippen molar-refractivity contribution in [1.82, 2.24) is 15.6 Å². The van der Waals surface area contributed by atoms with Crippen LogP contribution in [0.5, 0.6) is 0 Å². The third-order valence-electron chi connectivity index (χ3n) is 2.98. The van der Waals surface area contributed by atoms with Crippen molar-refractivity contribution in [2.24, 2.45) is 0 Å². The number of nitrogens with one attached hydrogen (secondary N) is 2. The molecule has 1 unspecified atom stereocenters. The van der Waals surface area contributed by atoms with Crippen molar-refractivity contribution in [2.45, 2.75) is 25.3 Å². The molecule has 1 aromatic rings. The van der Waals surface area contributed by atoms with E-state index in [-0.39, 0.29) is 12.8 Å². The van der Waals surface area contributed by atoms with Crippen molar-refractivity contribution >= 4 is 17.9 Å². The molecule has 2 heterocycles. The SMILES string of the molecule is Cc1cccc(C2(CCC(=O)O)NC(=O)NC2=O)n1. The van der Waals surface area contributed by atoms with E-state index in [0.29, 0.717) is 11.4 Å². The number of urea groups is 1. The fraction of sp³-hybridized carbons (Fsp3) is 0.333. The van der Waals surface area contributed by atoms with E-state index in [1.54, 1.807) is 25.1 Å². The number of carbonyl (C=O) groups is 3. The lowest BCUT2D eigenvalue weighted by Gasteiger charge is -2.24. The first kappa shape index (κ1) is 13.0. The maximum Gasteiger partial charge on any atom is 0.322 e. The molecular weight excluding hydrogens is 250 g/mol. The highest BCUT2D eigenvalue weighted by Crippen LogP contribution is 2.28. The van der Waals surface area contributed by atoms with Crippen LogP contribution in [0.3, 0.4) is 0 Å². The Kier molecular flexibility index (Phi) is 3.20. The van der Waals surface area contributed by atoms with Crippen LogP contribution in [0, 0.1) is 6.92 Å². The molecule has 1 fully saturated rings. The normalized spacial score (nSPS) is 21.9. The van der Waals surface area contributed by atoms with E-state index < -0.39 is 23.4 Å². The largest absolute Gasteiger partial charge is 0.481 e. The Morgan fingerprint density at radius 3 is 2.68 bits per heavy atom. The first-order valence-electron chi connectivity index (χ1n) is 5.73. The average molecular weight is 263 g/mol. The molecule has 1 saturated heterocycles. The van der Waals surface area contributed by atoms with Gasteiger partial charge in [-0.15, -0.1) is 0 Å². The quantitative estimate of drug-likeness (QED) is 0.676. The maximum absolute atomic E-state index is 12.0. The monoisotopic (exact) mass is 263 g/mol. The third kappa shape index (κ3) is 2.40. The molecule has 19 heavy (non-hydrogen) atoms. The molecule has 1 atom stereocenters. The van der Waals surface area contributed by atoms with Gasteiger partial charge >= 0.3 is 12.0 Å². The van der Waals surface area contributed by atoms with Crippen LogP contribution < -0.4 is 10.6 Å². The summed E-state index contributed by atoms with van der Waals surface area (Å²) < 4.78 is 0. The van der Waals surface area contributed by atoms with Crippen LogP contribution in [-0.2, 0) is 15.1 Å². The predicted octanol–water partition coefficient (Wildman–Crippen LogP) is 0.290. The van der Waals surface area contributed by atoms with Crippen LogP contribution in [0.2, 0.25) is 0 Å². The van der Waals surface area contributed by atoms with E-state index in [1.807, 2.05) is 0 Å². The van der Waals surface area contributed by atoms with Gasteiger partial charge < -0.3 is 10.4 Å². The van der Waals surface area contributed by atoms with Gasteiger partial charge in [0.25, 0.3) is 5.91 Å². The number of carboxylic acids is 1. The Balaban J connectivity index is 2.42. The van der Waals surface area contributed by atoms with Crippen molar-refractivity contribution in [2.75, 3.05) is 0 Å². The summed E-state index contributed by atoms with van der Waals surface area (Å²) >= 11 is 0. The minimum absolute atomic E-state index is 0.0453. The molecule has 3 N–H and O–H groups in total. The summed E-state index contributed by atoms with van der Waals surface area (Å²) in [7, 11) is 0. The van der Waals surface area contributed by atoms with Gasteiger partial charge in [0.1, 0.15) is 0 Å². The number of hydrogen-bond acceptors (Lipinski definition) is 4. The molecule has 0 aliphatic carbocycles. The Labute approximate surface area is 109 Å². The number of rotatable bonds is 4. The van der Waals surface area contributed by atoms with E-state index in [4.69, 9.17) is 5.11 Å². The number of nitrogens with zero attached hydrogens (tertiary/aromatic N) is 1. The zero-order chi connectivity index (χ0) is 14.0.